The van der Waals surface area contributed by atoms with Crippen LogP contribution in [0.3, 0.4) is 0 Å². The molecule has 0 radical (unpaired) electrons. The van der Waals surface area contributed by atoms with E-state index in [-0.39, 0.29) is 5.41 Å². The van der Waals surface area contributed by atoms with Crippen LogP contribution in [0.25, 0.3) is 0 Å². The summed E-state index contributed by atoms with van der Waals surface area (Å²) in [5.74, 6) is -0.899. The van der Waals surface area contributed by atoms with Crippen molar-refractivity contribution in [2.24, 2.45) is 16.2 Å². The van der Waals surface area contributed by atoms with Crippen molar-refractivity contribution in [1.82, 2.24) is 0 Å². The fourth-order valence-electron chi connectivity index (χ4n) is 2.87. The van der Waals surface area contributed by atoms with Gasteiger partial charge in [0.2, 0.25) is 0 Å². The Labute approximate surface area is 156 Å². The average molecular weight is 408 g/mol. The standard InChI is InChI=1S/C18H30F6O3/c1-11(9-16(26,17(19,20)21)18(22,23)24)27-12(25)15(8,14(5,6)7)10-13(2,3)4/h11,26H,9-10H2,1-8H3. The van der Waals surface area contributed by atoms with Crippen LogP contribution in [0.2, 0.25) is 0 Å². The Bertz CT molecular complexity index is 511. The molecule has 3 nitrogen and oxygen atoms in total. The van der Waals surface area contributed by atoms with Crippen LogP contribution in [0.15, 0.2) is 0 Å². The largest absolute Gasteiger partial charge is 0.462 e. The molecule has 0 rings (SSSR count). The van der Waals surface area contributed by atoms with Gasteiger partial charge in [0, 0.05) is 6.42 Å². The minimum Gasteiger partial charge on any atom is -0.462 e. The van der Waals surface area contributed by atoms with Crippen molar-refractivity contribution in [3.8, 4) is 0 Å². The fraction of sp³-hybridized carbons (Fsp3) is 0.944. The normalized spacial score (nSPS) is 18.0. The van der Waals surface area contributed by atoms with Crippen molar-refractivity contribution in [2.75, 3.05) is 0 Å². The molecule has 0 amide bonds. The molecular formula is C18H30F6O3. The van der Waals surface area contributed by atoms with E-state index in [1.165, 1.54) is 0 Å². The van der Waals surface area contributed by atoms with Crippen LogP contribution in [-0.2, 0) is 9.53 Å². The summed E-state index contributed by atoms with van der Waals surface area (Å²) in [6.45, 7) is 13.3. The number of rotatable bonds is 5. The SMILES string of the molecule is CC(CC(O)(C(F)(F)F)C(F)(F)F)OC(=O)C(C)(CC(C)(C)C)C(C)(C)C. The highest BCUT2D eigenvalue weighted by Gasteiger charge is 2.70. The summed E-state index contributed by atoms with van der Waals surface area (Å²) in [6, 6.07) is 0. The van der Waals surface area contributed by atoms with E-state index in [2.05, 4.69) is 0 Å². The molecule has 162 valence electrons. The topological polar surface area (TPSA) is 46.5 Å². The van der Waals surface area contributed by atoms with Crippen LogP contribution in [0.5, 0.6) is 0 Å². The number of alkyl halides is 6. The summed E-state index contributed by atoms with van der Waals surface area (Å²) in [4.78, 5) is 12.7. The zero-order valence-electron chi connectivity index (χ0n) is 17.0. The zero-order chi connectivity index (χ0) is 22.3. The molecule has 2 unspecified atom stereocenters. The van der Waals surface area contributed by atoms with Gasteiger partial charge in [-0.2, -0.15) is 26.3 Å². The third-order valence-electron chi connectivity index (χ3n) is 4.82. The van der Waals surface area contributed by atoms with Crippen LogP contribution in [0.4, 0.5) is 26.3 Å². The predicted octanol–water partition coefficient (Wildman–Crippen LogP) is 5.65. The Balaban J connectivity index is 5.65. The molecular weight excluding hydrogens is 378 g/mol. The molecule has 9 heteroatoms. The van der Waals surface area contributed by atoms with E-state index in [9.17, 15) is 36.2 Å². The number of halogens is 6. The molecule has 0 aliphatic carbocycles. The lowest BCUT2D eigenvalue weighted by atomic mass is 9.61. The highest BCUT2D eigenvalue weighted by Crippen LogP contribution is 2.49. The van der Waals surface area contributed by atoms with Crippen molar-refractivity contribution in [3.05, 3.63) is 0 Å². The van der Waals surface area contributed by atoms with Crippen LogP contribution in [-0.4, -0.2) is 35.1 Å². The molecule has 2 atom stereocenters. The smallest absolute Gasteiger partial charge is 0.426 e. The average Bonchev–Trinajstić information content (AvgIpc) is 2.31. The summed E-state index contributed by atoms with van der Waals surface area (Å²) < 4.78 is 82.0. The molecule has 0 spiro atoms. The Kier molecular flexibility index (Phi) is 7.17. The van der Waals surface area contributed by atoms with Crippen LogP contribution in [0, 0.1) is 16.2 Å². The van der Waals surface area contributed by atoms with E-state index in [4.69, 9.17) is 4.74 Å². The van der Waals surface area contributed by atoms with E-state index >= 15 is 0 Å². The van der Waals surface area contributed by atoms with Gasteiger partial charge in [-0.15, -0.1) is 0 Å². The van der Waals surface area contributed by atoms with Gasteiger partial charge in [0.15, 0.2) is 0 Å². The second-order valence-electron chi connectivity index (χ2n) is 9.60. The zero-order valence-corrected chi connectivity index (χ0v) is 17.0. The first-order valence-electron chi connectivity index (χ1n) is 8.55. The molecule has 27 heavy (non-hydrogen) atoms. The molecule has 0 aromatic rings. The van der Waals surface area contributed by atoms with E-state index in [0.717, 1.165) is 6.92 Å². The Hall–Kier alpha value is -0.990. The first kappa shape index (κ1) is 26.0. The van der Waals surface area contributed by atoms with Gasteiger partial charge in [0.05, 0.1) is 5.41 Å². The minimum atomic E-state index is -5.95. The van der Waals surface area contributed by atoms with Crippen LogP contribution >= 0.6 is 0 Å². The Morgan fingerprint density at radius 2 is 1.26 bits per heavy atom. The lowest BCUT2D eigenvalue weighted by Gasteiger charge is -2.44. The van der Waals surface area contributed by atoms with Crippen molar-refractivity contribution in [2.45, 2.75) is 92.3 Å². The third-order valence-corrected chi connectivity index (χ3v) is 4.82. The number of hydrogen-bond acceptors (Lipinski definition) is 3. The highest BCUT2D eigenvalue weighted by molar-refractivity contribution is 5.77. The van der Waals surface area contributed by atoms with Crippen molar-refractivity contribution in [3.63, 3.8) is 0 Å². The molecule has 0 fully saturated rings. The monoisotopic (exact) mass is 408 g/mol. The molecule has 0 aliphatic rings. The lowest BCUT2D eigenvalue weighted by Crippen LogP contribution is -2.58. The number of esters is 1. The molecule has 1 N–H and O–H groups in total. The number of ether oxygens (including phenoxy) is 1. The molecule has 0 aromatic heterocycles. The maximum absolute atomic E-state index is 12.8. The summed E-state index contributed by atoms with van der Waals surface area (Å²) >= 11 is 0. The molecule has 0 aliphatic heterocycles. The van der Waals surface area contributed by atoms with Crippen LogP contribution in [0.1, 0.15) is 68.2 Å². The lowest BCUT2D eigenvalue weighted by molar-refractivity contribution is -0.373. The van der Waals surface area contributed by atoms with E-state index in [0.29, 0.717) is 6.42 Å². The molecule has 0 saturated heterocycles. The van der Waals surface area contributed by atoms with Gasteiger partial charge in [-0.3, -0.25) is 4.79 Å². The maximum atomic E-state index is 12.8. The second kappa shape index (κ2) is 7.44. The Morgan fingerprint density at radius 1 is 0.889 bits per heavy atom. The van der Waals surface area contributed by atoms with Gasteiger partial charge in [0.1, 0.15) is 6.10 Å². The third kappa shape index (κ3) is 5.99. The summed E-state index contributed by atoms with van der Waals surface area (Å²) in [5, 5.41) is 9.28. The van der Waals surface area contributed by atoms with Gasteiger partial charge in [0.25, 0.3) is 5.60 Å². The van der Waals surface area contributed by atoms with Gasteiger partial charge >= 0.3 is 18.3 Å². The van der Waals surface area contributed by atoms with Crippen molar-refractivity contribution < 1.29 is 41.0 Å². The van der Waals surface area contributed by atoms with Gasteiger partial charge in [-0.1, -0.05) is 41.5 Å². The molecule has 0 bridgehead atoms. The van der Waals surface area contributed by atoms with Gasteiger partial charge in [-0.25, -0.2) is 0 Å². The number of carbonyl (C=O) groups is 1. The number of carbonyl (C=O) groups excluding carboxylic acids is 1. The quantitative estimate of drug-likeness (QED) is 0.472. The first-order valence-corrected chi connectivity index (χ1v) is 8.55. The number of hydrogen-bond donors (Lipinski definition) is 1. The van der Waals surface area contributed by atoms with Crippen molar-refractivity contribution >= 4 is 5.97 Å². The highest BCUT2D eigenvalue weighted by atomic mass is 19.4. The summed E-state index contributed by atoms with van der Waals surface area (Å²) in [5.41, 5.74) is -7.12. The van der Waals surface area contributed by atoms with Gasteiger partial charge in [-0.05, 0) is 31.1 Å². The van der Waals surface area contributed by atoms with Gasteiger partial charge < -0.3 is 9.84 Å². The van der Waals surface area contributed by atoms with E-state index < -0.39 is 47.3 Å². The van der Waals surface area contributed by atoms with Crippen LogP contribution < -0.4 is 0 Å². The van der Waals surface area contributed by atoms with Crippen molar-refractivity contribution in [1.29, 1.82) is 0 Å². The Morgan fingerprint density at radius 3 is 1.52 bits per heavy atom. The molecule has 0 saturated carbocycles. The summed E-state index contributed by atoms with van der Waals surface area (Å²) in [6.07, 6.45) is -15.2. The predicted molar refractivity (Wildman–Crippen MR) is 88.9 cm³/mol. The second-order valence-corrected chi connectivity index (χ2v) is 9.60. The van der Waals surface area contributed by atoms with E-state index in [1.807, 2.05) is 20.8 Å². The summed E-state index contributed by atoms with van der Waals surface area (Å²) in [7, 11) is 0. The molecule has 0 heterocycles. The fourth-order valence-corrected chi connectivity index (χ4v) is 2.87. The molecule has 0 aromatic carbocycles. The minimum absolute atomic E-state index is 0.303. The maximum Gasteiger partial charge on any atom is 0.426 e. The first-order chi connectivity index (χ1) is 11.5. The van der Waals surface area contributed by atoms with E-state index in [1.54, 1.807) is 27.7 Å². The number of aliphatic hydroxyl groups is 1.